The first-order chi connectivity index (χ1) is 13.7. The first-order valence-corrected chi connectivity index (χ1v) is 9.17. The molecule has 5 rings (SSSR count). The van der Waals surface area contributed by atoms with Gasteiger partial charge < -0.3 is 14.9 Å². The highest BCUT2D eigenvalue weighted by Crippen LogP contribution is 2.44. The van der Waals surface area contributed by atoms with E-state index in [4.69, 9.17) is 4.74 Å². The number of hydrogen-bond donors (Lipinski definition) is 2. The lowest BCUT2D eigenvalue weighted by Gasteiger charge is -2.29. The predicted octanol–water partition coefficient (Wildman–Crippen LogP) is 5.93. The van der Waals surface area contributed by atoms with Gasteiger partial charge >= 0.3 is 0 Å². The van der Waals surface area contributed by atoms with Crippen LogP contribution in [0.2, 0.25) is 0 Å². The van der Waals surface area contributed by atoms with Crippen LogP contribution in [-0.2, 0) is 0 Å². The van der Waals surface area contributed by atoms with E-state index in [0.29, 0.717) is 5.75 Å². The van der Waals surface area contributed by atoms with Gasteiger partial charge in [0.15, 0.2) is 6.10 Å². The van der Waals surface area contributed by atoms with E-state index in [1.807, 2.05) is 36.4 Å². The molecule has 0 aliphatic carbocycles. The summed E-state index contributed by atoms with van der Waals surface area (Å²) in [7, 11) is 0. The van der Waals surface area contributed by atoms with Crippen LogP contribution in [0, 0.1) is 0 Å². The van der Waals surface area contributed by atoms with Crippen molar-refractivity contribution in [2.24, 2.45) is 0 Å². The van der Waals surface area contributed by atoms with Crippen molar-refractivity contribution in [2.75, 3.05) is 0 Å². The molecule has 1 unspecified atom stereocenters. The minimum Gasteiger partial charge on any atom is -0.508 e. The van der Waals surface area contributed by atoms with E-state index in [1.54, 1.807) is 24.3 Å². The second-order valence-electron chi connectivity index (χ2n) is 6.93. The smallest absolute Gasteiger partial charge is 0.150 e. The van der Waals surface area contributed by atoms with Crippen LogP contribution in [0.25, 0.3) is 22.4 Å². The summed E-state index contributed by atoms with van der Waals surface area (Å²) in [5, 5.41) is 21.9. The van der Waals surface area contributed by atoms with Gasteiger partial charge in [0.1, 0.15) is 17.2 Å². The molecule has 1 aliphatic rings. The van der Waals surface area contributed by atoms with Crippen molar-refractivity contribution in [3.05, 3.63) is 102 Å². The van der Waals surface area contributed by atoms with Gasteiger partial charge in [0, 0.05) is 22.8 Å². The van der Waals surface area contributed by atoms with Crippen LogP contribution in [0.1, 0.15) is 22.8 Å². The number of ether oxygens (including phenoxy) is 1. The molecule has 1 aliphatic heterocycles. The van der Waals surface area contributed by atoms with Gasteiger partial charge in [-0.05, 0) is 46.7 Å². The van der Waals surface area contributed by atoms with Crippen molar-refractivity contribution in [3.63, 3.8) is 0 Å². The van der Waals surface area contributed by atoms with Gasteiger partial charge in [-0.15, -0.1) is 0 Å². The SMILES string of the molecule is Oc1ccc(C2=Cc3ccc(O)cc3OC2c2cccc3ccccc23)cc1. The molecule has 0 bridgehead atoms. The fraction of sp³-hybridized carbons (Fsp3) is 0.0400. The molecular weight excluding hydrogens is 348 g/mol. The lowest BCUT2D eigenvalue weighted by atomic mass is 9.88. The molecule has 136 valence electrons. The molecule has 0 saturated carbocycles. The lowest BCUT2D eigenvalue weighted by Crippen LogP contribution is -2.14. The summed E-state index contributed by atoms with van der Waals surface area (Å²) in [4.78, 5) is 0. The topological polar surface area (TPSA) is 49.7 Å². The molecular formula is C25H18O3. The highest BCUT2D eigenvalue weighted by molar-refractivity contribution is 5.93. The van der Waals surface area contributed by atoms with E-state index in [0.717, 1.165) is 33.0 Å². The standard InChI is InChI=1S/C25H18O3/c26-19-11-8-17(9-12-19)23-14-18-10-13-20(27)15-24(18)28-25(23)22-7-3-5-16-4-1-2-6-21(16)22/h1-15,25-27H. The Labute approximate surface area is 162 Å². The number of rotatable bonds is 2. The molecule has 2 N–H and O–H groups in total. The first kappa shape index (κ1) is 16.5. The molecule has 4 aromatic carbocycles. The van der Waals surface area contributed by atoms with Crippen LogP contribution in [0.4, 0.5) is 0 Å². The molecule has 0 aromatic heterocycles. The Bertz CT molecular complexity index is 1200. The number of fused-ring (bicyclic) bond motifs is 2. The Morgan fingerprint density at radius 1 is 0.714 bits per heavy atom. The third-order valence-corrected chi connectivity index (χ3v) is 5.14. The summed E-state index contributed by atoms with van der Waals surface area (Å²) in [6.45, 7) is 0. The van der Waals surface area contributed by atoms with Gasteiger partial charge in [0.25, 0.3) is 0 Å². The lowest BCUT2D eigenvalue weighted by molar-refractivity contribution is 0.261. The van der Waals surface area contributed by atoms with Gasteiger partial charge in [0.05, 0.1) is 0 Å². The molecule has 4 aromatic rings. The van der Waals surface area contributed by atoms with E-state index in [-0.39, 0.29) is 17.6 Å². The highest BCUT2D eigenvalue weighted by atomic mass is 16.5. The second kappa shape index (κ2) is 6.46. The first-order valence-electron chi connectivity index (χ1n) is 9.17. The summed E-state index contributed by atoms with van der Waals surface area (Å²) >= 11 is 0. The molecule has 0 saturated heterocycles. The van der Waals surface area contributed by atoms with E-state index in [9.17, 15) is 10.2 Å². The van der Waals surface area contributed by atoms with Crippen LogP contribution >= 0.6 is 0 Å². The Kier molecular flexibility index (Phi) is 3.80. The molecule has 0 fully saturated rings. The summed E-state index contributed by atoms with van der Waals surface area (Å²) in [6.07, 6.45) is 1.77. The average molecular weight is 366 g/mol. The summed E-state index contributed by atoms with van der Waals surface area (Å²) < 4.78 is 6.41. The highest BCUT2D eigenvalue weighted by Gasteiger charge is 2.27. The van der Waals surface area contributed by atoms with Crippen LogP contribution in [0.3, 0.4) is 0 Å². The number of aromatic hydroxyl groups is 2. The minimum atomic E-state index is -0.329. The Balaban J connectivity index is 1.73. The van der Waals surface area contributed by atoms with Gasteiger partial charge in [-0.2, -0.15) is 0 Å². The van der Waals surface area contributed by atoms with Crippen molar-refractivity contribution < 1.29 is 14.9 Å². The summed E-state index contributed by atoms with van der Waals surface area (Å²) in [5.41, 5.74) is 3.97. The summed E-state index contributed by atoms with van der Waals surface area (Å²) in [5.74, 6) is 1.06. The third kappa shape index (κ3) is 2.78. The zero-order chi connectivity index (χ0) is 19.1. The maximum Gasteiger partial charge on any atom is 0.150 e. The second-order valence-corrected chi connectivity index (χ2v) is 6.93. The van der Waals surface area contributed by atoms with Gasteiger partial charge in [0.2, 0.25) is 0 Å². The molecule has 3 heteroatoms. The number of phenols is 2. The van der Waals surface area contributed by atoms with E-state index in [1.165, 1.54) is 0 Å². The maximum absolute atomic E-state index is 9.90. The number of phenolic OH excluding ortho intramolecular Hbond substituents is 2. The van der Waals surface area contributed by atoms with Crippen LogP contribution in [0.15, 0.2) is 84.9 Å². The monoisotopic (exact) mass is 366 g/mol. The fourth-order valence-corrected chi connectivity index (χ4v) is 3.78. The maximum atomic E-state index is 9.90. The molecule has 3 nitrogen and oxygen atoms in total. The molecule has 28 heavy (non-hydrogen) atoms. The number of hydrogen-bond acceptors (Lipinski definition) is 3. The normalized spacial score (nSPS) is 15.6. The molecule has 0 spiro atoms. The van der Waals surface area contributed by atoms with Crippen molar-refractivity contribution in [2.45, 2.75) is 6.10 Å². The molecule has 1 atom stereocenters. The van der Waals surface area contributed by atoms with Crippen molar-refractivity contribution in [1.82, 2.24) is 0 Å². The summed E-state index contributed by atoms with van der Waals surface area (Å²) in [6, 6.07) is 26.8. The van der Waals surface area contributed by atoms with E-state index in [2.05, 4.69) is 30.3 Å². The van der Waals surface area contributed by atoms with Crippen LogP contribution in [0.5, 0.6) is 17.2 Å². The van der Waals surface area contributed by atoms with Gasteiger partial charge in [-0.25, -0.2) is 0 Å². The Hall–Kier alpha value is -3.72. The largest absolute Gasteiger partial charge is 0.508 e. The third-order valence-electron chi connectivity index (χ3n) is 5.14. The van der Waals surface area contributed by atoms with Crippen LogP contribution in [-0.4, -0.2) is 10.2 Å². The molecule has 1 heterocycles. The molecule has 0 radical (unpaired) electrons. The van der Waals surface area contributed by atoms with Crippen molar-refractivity contribution in [1.29, 1.82) is 0 Å². The Morgan fingerprint density at radius 3 is 2.32 bits per heavy atom. The average Bonchev–Trinajstić information content (AvgIpc) is 2.73. The van der Waals surface area contributed by atoms with Gasteiger partial charge in [-0.3, -0.25) is 0 Å². The minimum absolute atomic E-state index is 0.178. The zero-order valence-electron chi connectivity index (χ0n) is 15.0. The van der Waals surface area contributed by atoms with Gasteiger partial charge in [-0.1, -0.05) is 54.6 Å². The van der Waals surface area contributed by atoms with E-state index < -0.39 is 0 Å². The zero-order valence-corrected chi connectivity index (χ0v) is 15.0. The fourth-order valence-electron chi connectivity index (χ4n) is 3.78. The van der Waals surface area contributed by atoms with E-state index >= 15 is 0 Å². The predicted molar refractivity (Wildman–Crippen MR) is 111 cm³/mol. The number of benzene rings is 4. The Morgan fingerprint density at radius 2 is 1.46 bits per heavy atom. The quantitative estimate of drug-likeness (QED) is 0.463. The van der Waals surface area contributed by atoms with Crippen LogP contribution < -0.4 is 4.74 Å². The van der Waals surface area contributed by atoms with Crippen molar-refractivity contribution in [3.8, 4) is 17.2 Å². The van der Waals surface area contributed by atoms with Crippen molar-refractivity contribution >= 4 is 22.4 Å². The molecule has 0 amide bonds.